The maximum absolute atomic E-state index is 8.69. The maximum atomic E-state index is 8.69. The minimum absolute atomic E-state index is 0.543. The summed E-state index contributed by atoms with van der Waals surface area (Å²) >= 11 is 0. The van der Waals surface area contributed by atoms with Crippen molar-refractivity contribution in [2.45, 2.75) is 6.42 Å². The van der Waals surface area contributed by atoms with Crippen LogP contribution in [0.15, 0.2) is 35.5 Å². The fourth-order valence-corrected chi connectivity index (χ4v) is 2.40. The van der Waals surface area contributed by atoms with Crippen molar-refractivity contribution in [2.75, 3.05) is 19.6 Å². The Bertz CT molecular complexity index is 633. The van der Waals surface area contributed by atoms with Crippen LogP contribution in [0.5, 0.6) is 0 Å². The molecular weight excluding hydrogens is 224 g/mol. The number of hydrogen-bond donors (Lipinski definition) is 1. The lowest BCUT2D eigenvalue weighted by atomic mass is 10.1. The molecule has 0 amide bonds. The smallest absolute Gasteiger partial charge is 0.133 e. The molecule has 90 valence electrons. The van der Waals surface area contributed by atoms with E-state index in [4.69, 9.17) is 5.26 Å². The summed E-state index contributed by atoms with van der Waals surface area (Å²) in [7, 11) is 0. The third-order valence-electron chi connectivity index (χ3n) is 3.25. The largest absolute Gasteiger partial charge is 0.360 e. The van der Waals surface area contributed by atoms with Gasteiger partial charge in [-0.15, -0.1) is 0 Å². The van der Waals surface area contributed by atoms with Crippen LogP contribution in [0.4, 0.5) is 0 Å². The van der Waals surface area contributed by atoms with Crippen LogP contribution in [0.3, 0.4) is 0 Å². The number of nitriles is 1. The van der Waals surface area contributed by atoms with Crippen molar-refractivity contribution in [3.8, 4) is 6.07 Å². The lowest BCUT2D eigenvalue weighted by molar-refractivity contribution is 0.468. The molecule has 2 aromatic rings. The maximum Gasteiger partial charge on any atom is 0.133 e. The molecule has 1 aliphatic rings. The molecule has 0 fully saturated rings. The van der Waals surface area contributed by atoms with Crippen LogP contribution in [0.2, 0.25) is 0 Å². The first-order valence-electron chi connectivity index (χ1n) is 6.13. The van der Waals surface area contributed by atoms with Gasteiger partial charge >= 0.3 is 0 Å². The molecule has 0 unspecified atom stereocenters. The van der Waals surface area contributed by atoms with E-state index in [1.807, 2.05) is 18.3 Å². The number of nitrogens with zero attached hydrogens (tertiary/aromatic N) is 3. The van der Waals surface area contributed by atoms with Gasteiger partial charge in [-0.3, -0.25) is 4.99 Å². The Balaban J connectivity index is 1.97. The molecule has 0 aliphatic carbocycles. The molecule has 0 saturated carbocycles. The monoisotopic (exact) mass is 238 g/mol. The zero-order valence-electron chi connectivity index (χ0n) is 10.1. The molecule has 4 heteroatoms. The molecule has 1 aliphatic heterocycles. The van der Waals surface area contributed by atoms with Crippen molar-refractivity contribution in [3.05, 3.63) is 36.0 Å². The summed E-state index contributed by atoms with van der Waals surface area (Å²) in [5.41, 5.74) is 2.27. The molecule has 0 saturated heterocycles. The normalized spacial score (nSPS) is 14.8. The van der Waals surface area contributed by atoms with Gasteiger partial charge in [-0.2, -0.15) is 5.26 Å². The zero-order valence-corrected chi connectivity index (χ0v) is 10.1. The van der Waals surface area contributed by atoms with Crippen LogP contribution in [-0.4, -0.2) is 35.4 Å². The average molecular weight is 238 g/mol. The molecule has 1 N–H and O–H groups in total. The van der Waals surface area contributed by atoms with Gasteiger partial charge in [-0.05, 0) is 6.07 Å². The Hall–Kier alpha value is -2.28. The number of nitrogens with one attached hydrogen (secondary N) is 1. The number of para-hydroxylation sites is 1. The van der Waals surface area contributed by atoms with E-state index in [0.29, 0.717) is 6.42 Å². The number of fused-ring (bicyclic) bond motifs is 1. The number of H-pyrrole nitrogens is 1. The Labute approximate surface area is 106 Å². The summed E-state index contributed by atoms with van der Waals surface area (Å²) in [4.78, 5) is 10.0. The van der Waals surface area contributed by atoms with Gasteiger partial charge in [-0.1, -0.05) is 18.2 Å². The summed E-state index contributed by atoms with van der Waals surface area (Å²) in [6.45, 7) is 2.49. The van der Waals surface area contributed by atoms with E-state index < -0.39 is 0 Å². The van der Waals surface area contributed by atoms with E-state index in [9.17, 15) is 0 Å². The molecule has 0 spiro atoms. The molecule has 18 heavy (non-hydrogen) atoms. The molecular formula is C14H14N4. The summed E-state index contributed by atoms with van der Waals surface area (Å²) in [5, 5.41) is 9.89. The van der Waals surface area contributed by atoms with E-state index >= 15 is 0 Å². The van der Waals surface area contributed by atoms with E-state index in [1.165, 1.54) is 5.39 Å². The number of benzene rings is 1. The van der Waals surface area contributed by atoms with Gasteiger partial charge in [0.15, 0.2) is 0 Å². The summed E-state index contributed by atoms with van der Waals surface area (Å²) < 4.78 is 0. The van der Waals surface area contributed by atoms with Gasteiger partial charge < -0.3 is 9.88 Å². The topological polar surface area (TPSA) is 55.2 Å². The van der Waals surface area contributed by atoms with Gasteiger partial charge in [0.1, 0.15) is 5.84 Å². The van der Waals surface area contributed by atoms with Gasteiger partial charge in [0, 0.05) is 35.8 Å². The van der Waals surface area contributed by atoms with Gasteiger partial charge in [0.05, 0.1) is 19.0 Å². The fraction of sp³-hybridized carbons (Fsp3) is 0.286. The van der Waals surface area contributed by atoms with Gasteiger partial charge in [-0.25, -0.2) is 0 Å². The van der Waals surface area contributed by atoms with Gasteiger partial charge in [0.2, 0.25) is 0 Å². The molecule has 0 bridgehead atoms. The number of rotatable bonds is 3. The van der Waals surface area contributed by atoms with Crippen molar-refractivity contribution in [3.63, 3.8) is 0 Å². The van der Waals surface area contributed by atoms with E-state index in [-0.39, 0.29) is 0 Å². The minimum Gasteiger partial charge on any atom is -0.360 e. The second-order valence-corrected chi connectivity index (χ2v) is 4.35. The van der Waals surface area contributed by atoms with Crippen molar-refractivity contribution >= 4 is 16.7 Å². The molecule has 3 rings (SSSR count). The first kappa shape index (κ1) is 10.8. The molecule has 1 aromatic carbocycles. The quantitative estimate of drug-likeness (QED) is 0.890. The van der Waals surface area contributed by atoms with Crippen LogP contribution in [0.1, 0.15) is 12.0 Å². The summed E-state index contributed by atoms with van der Waals surface area (Å²) in [6.07, 6.45) is 2.55. The molecule has 0 atom stereocenters. The Morgan fingerprint density at radius 3 is 3.17 bits per heavy atom. The lowest BCUT2D eigenvalue weighted by Gasteiger charge is -2.18. The highest BCUT2D eigenvalue weighted by Crippen LogP contribution is 2.21. The van der Waals surface area contributed by atoms with Crippen LogP contribution >= 0.6 is 0 Å². The number of hydrogen-bond acceptors (Lipinski definition) is 3. The molecule has 0 radical (unpaired) electrons. The second kappa shape index (κ2) is 4.53. The fourth-order valence-electron chi connectivity index (χ4n) is 2.40. The predicted molar refractivity (Wildman–Crippen MR) is 71.5 cm³/mol. The van der Waals surface area contributed by atoms with E-state index in [2.05, 4.69) is 33.1 Å². The van der Waals surface area contributed by atoms with Crippen molar-refractivity contribution in [1.82, 2.24) is 9.88 Å². The van der Waals surface area contributed by atoms with Crippen molar-refractivity contribution < 1.29 is 0 Å². The first-order valence-corrected chi connectivity index (χ1v) is 6.13. The number of aromatic amines is 1. The van der Waals surface area contributed by atoms with Crippen LogP contribution in [-0.2, 0) is 0 Å². The first-order chi connectivity index (χ1) is 8.90. The Kier molecular flexibility index (Phi) is 2.73. The van der Waals surface area contributed by atoms with Gasteiger partial charge in [0.25, 0.3) is 0 Å². The van der Waals surface area contributed by atoms with Crippen LogP contribution in [0.25, 0.3) is 10.9 Å². The number of aromatic nitrogens is 1. The van der Waals surface area contributed by atoms with Crippen molar-refractivity contribution in [2.24, 2.45) is 4.99 Å². The molecule has 1 aromatic heterocycles. The average Bonchev–Trinajstić information content (AvgIpc) is 3.02. The highest BCUT2D eigenvalue weighted by Gasteiger charge is 2.20. The zero-order chi connectivity index (χ0) is 12.4. The van der Waals surface area contributed by atoms with E-state index in [0.717, 1.165) is 36.6 Å². The number of aliphatic imine (C=N–C) groups is 1. The van der Waals surface area contributed by atoms with Crippen LogP contribution < -0.4 is 0 Å². The Morgan fingerprint density at radius 2 is 2.28 bits per heavy atom. The third kappa shape index (κ3) is 1.74. The van der Waals surface area contributed by atoms with Crippen molar-refractivity contribution in [1.29, 1.82) is 5.26 Å². The molecule has 2 heterocycles. The predicted octanol–water partition coefficient (Wildman–Crippen LogP) is 2.14. The SMILES string of the molecule is N#CCCN1CCN=C1c1c[nH]c2ccccc12. The standard InChI is InChI=1S/C14H14N4/c15-6-3-8-18-9-7-16-14(18)12-10-17-13-5-2-1-4-11(12)13/h1-2,4-5,10,17H,3,7-9H2. The minimum atomic E-state index is 0.543. The summed E-state index contributed by atoms with van der Waals surface area (Å²) in [6, 6.07) is 10.4. The third-order valence-corrected chi connectivity index (χ3v) is 3.25. The number of amidine groups is 1. The second-order valence-electron chi connectivity index (χ2n) is 4.35. The van der Waals surface area contributed by atoms with E-state index in [1.54, 1.807) is 0 Å². The summed E-state index contributed by atoms with van der Waals surface area (Å²) in [5.74, 6) is 1.02. The highest BCUT2D eigenvalue weighted by atomic mass is 15.2. The van der Waals surface area contributed by atoms with Crippen LogP contribution in [0, 0.1) is 11.3 Å². The lowest BCUT2D eigenvalue weighted by Crippen LogP contribution is -2.29. The Morgan fingerprint density at radius 1 is 1.39 bits per heavy atom. The highest BCUT2D eigenvalue weighted by molar-refractivity contribution is 6.10. The molecule has 4 nitrogen and oxygen atoms in total.